The number of rotatable bonds is 6. The lowest BCUT2D eigenvalue weighted by atomic mass is 10.2. The molecule has 2 aromatic heterocycles. The molecule has 1 fully saturated rings. The first-order chi connectivity index (χ1) is 10.7. The van der Waals surface area contributed by atoms with Crippen molar-refractivity contribution in [1.29, 1.82) is 0 Å². The van der Waals surface area contributed by atoms with Gasteiger partial charge in [0.2, 0.25) is 5.88 Å². The number of ether oxygens (including phenoxy) is 2. The van der Waals surface area contributed by atoms with E-state index in [0.717, 1.165) is 17.9 Å². The van der Waals surface area contributed by atoms with Crippen molar-refractivity contribution in [1.82, 2.24) is 15.0 Å². The molecule has 2 atom stereocenters. The molecule has 0 spiro atoms. The first-order valence-electron chi connectivity index (χ1n) is 7.27. The Morgan fingerprint density at radius 1 is 1.27 bits per heavy atom. The van der Waals surface area contributed by atoms with Crippen molar-refractivity contribution in [2.24, 2.45) is 5.92 Å². The minimum absolute atomic E-state index is 0.121. The summed E-state index contributed by atoms with van der Waals surface area (Å²) in [6.45, 7) is 2.25. The van der Waals surface area contributed by atoms with E-state index in [4.69, 9.17) is 9.47 Å². The molecule has 116 valence electrons. The van der Waals surface area contributed by atoms with Gasteiger partial charge in [-0.25, -0.2) is 4.98 Å². The average Bonchev–Trinajstić information content (AvgIpc) is 3.33. The Labute approximate surface area is 129 Å². The molecule has 0 amide bonds. The van der Waals surface area contributed by atoms with E-state index in [1.54, 1.807) is 26.4 Å². The Kier molecular flexibility index (Phi) is 4.20. The van der Waals surface area contributed by atoms with Crippen molar-refractivity contribution >= 4 is 0 Å². The lowest BCUT2D eigenvalue weighted by molar-refractivity contribution is 0.249. The van der Waals surface area contributed by atoms with Crippen LogP contribution >= 0.6 is 0 Å². The van der Waals surface area contributed by atoms with Crippen LogP contribution in [0.25, 0.3) is 0 Å². The number of hydrogen-bond acceptors (Lipinski definition) is 6. The molecule has 6 nitrogen and oxygen atoms in total. The molecule has 0 radical (unpaired) electrons. The lowest BCUT2D eigenvalue weighted by Crippen LogP contribution is -2.07. The fourth-order valence-corrected chi connectivity index (χ4v) is 2.42. The van der Waals surface area contributed by atoms with Crippen LogP contribution in [-0.2, 0) is 6.61 Å². The maximum atomic E-state index is 9.29. The highest BCUT2D eigenvalue weighted by atomic mass is 16.5. The Morgan fingerprint density at radius 2 is 2.14 bits per heavy atom. The first-order valence-corrected chi connectivity index (χ1v) is 7.27. The summed E-state index contributed by atoms with van der Waals surface area (Å²) in [5.74, 6) is 2.73. The highest BCUT2D eigenvalue weighted by molar-refractivity contribution is 5.26. The van der Waals surface area contributed by atoms with E-state index in [-0.39, 0.29) is 6.61 Å². The van der Waals surface area contributed by atoms with Crippen LogP contribution in [0.3, 0.4) is 0 Å². The standard InChI is InChI=1S/C16H19N3O3/c1-10-17-6-12(8-20)16(19-10)22-9-11-5-14(11)15-4-3-13(21-2)7-18-15/h3-4,6-7,11,14,20H,5,8-9H2,1-2H3/t11-,14+/m1/s1. The van der Waals surface area contributed by atoms with Crippen molar-refractivity contribution in [3.63, 3.8) is 0 Å². The van der Waals surface area contributed by atoms with Gasteiger partial charge >= 0.3 is 0 Å². The van der Waals surface area contributed by atoms with Gasteiger partial charge in [0, 0.05) is 23.7 Å². The molecule has 1 saturated carbocycles. The maximum Gasteiger partial charge on any atom is 0.222 e. The molecule has 0 saturated heterocycles. The number of methoxy groups -OCH3 is 1. The molecular weight excluding hydrogens is 282 g/mol. The van der Waals surface area contributed by atoms with E-state index in [0.29, 0.717) is 35.7 Å². The van der Waals surface area contributed by atoms with Gasteiger partial charge in [-0.3, -0.25) is 4.98 Å². The van der Waals surface area contributed by atoms with Gasteiger partial charge in [-0.05, 0) is 25.5 Å². The predicted octanol–water partition coefficient (Wildman–Crippen LogP) is 1.86. The number of aliphatic hydroxyl groups is 1. The number of nitrogens with zero attached hydrogens (tertiary/aromatic N) is 3. The zero-order valence-electron chi connectivity index (χ0n) is 12.7. The van der Waals surface area contributed by atoms with Gasteiger partial charge in [-0.2, -0.15) is 4.98 Å². The third kappa shape index (κ3) is 3.17. The number of aromatic nitrogens is 3. The van der Waals surface area contributed by atoms with Crippen molar-refractivity contribution in [2.45, 2.75) is 25.9 Å². The van der Waals surface area contributed by atoms with Crippen molar-refractivity contribution in [3.8, 4) is 11.6 Å². The average molecular weight is 301 g/mol. The summed E-state index contributed by atoms with van der Waals surface area (Å²) < 4.78 is 10.9. The fourth-order valence-electron chi connectivity index (χ4n) is 2.42. The Bertz CT molecular complexity index is 646. The zero-order valence-corrected chi connectivity index (χ0v) is 12.7. The maximum absolute atomic E-state index is 9.29. The van der Waals surface area contributed by atoms with Gasteiger partial charge in [0.1, 0.15) is 11.6 Å². The quantitative estimate of drug-likeness (QED) is 0.877. The second-order valence-corrected chi connectivity index (χ2v) is 5.44. The number of hydrogen-bond donors (Lipinski definition) is 1. The second kappa shape index (κ2) is 6.27. The molecule has 0 aliphatic heterocycles. The first kappa shape index (κ1) is 14.7. The summed E-state index contributed by atoms with van der Waals surface area (Å²) >= 11 is 0. The minimum atomic E-state index is -0.121. The Balaban J connectivity index is 1.58. The monoisotopic (exact) mass is 301 g/mol. The molecule has 22 heavy (non-hydrogen) atoms. The van der Waals surface area contributed by atoms with Crippen LogP contribution in [0.15, 0.2) is 24.5 Å². The largest absolute Gasteiger partial charge is 0.495 e. The number of pyridine rings is 1. The summed E-state index contributed by atoms with van der Waals surface area (Å²) in [7, 11) is 1.63. The molecule has 2 heterocycles. The van der Waals surface area contributed by atoms with Crippen molar-refractivity contribution < 1.29 is 14.6 Å². The smallest absolute Gasteiger partial charge is 0.222 e. The van der Waals surface area contributed by atoms with Crippen LogP contribution in [-0.4, -0.2) is 33.8 Å². The molecule has 3 rings (SSSR count). The predicted molar refractivity (Wildman–Crippen MR) is 79.8 cm³/mol. The number of aliphatic hydroxyl groups excluding tert-OH is 1. The second-order valence-electron chi connectivity index (χ2n) is 5.44. The van der Waals surface area contributed by atoms with Gasteiger partial charge < -0.3 is 14.6 Å². The summed E-state index contributed by atoms with van der Waals surface area (Å²) in [6, 6.07) is 3.92. The van der Waals surface area contributed by atoms with Crippen LogP contribution in [0.4, 0.5) is 0 Å². The third-order valence-corrected chi connectivity index (χ3v) is 3.85. The minimum Gasteiger partial charge on any atom is -0.495 e. The summed E-state index contributed by atoms with van der Waals surface area (Å²) in [5, 5.41) is 9.29. The fraction of sp³-hybridized carbons (Fsp3) is 0.438. The van der Waals surface area contributed by atoms with Gasteiger partial charge in [0.25, 0.3) is 0 Å². The Hall–Kier alpha value is -2.21. The van der Waals surface area contributed by atoms with Crippen molar-refractivity contribution in [3.05, 3.63) is 41.6 Å². The third-order valence-electron chi connectivity index (χ3n) is 3.85. The van der Waals surface area contributed by atoms with Crippen LogP contribution < -0.4 is 9.47 Å². The van der Waals surface area contributed by atoms with Crippen molar-refractivity contribution in [2.75, 3.05) is 13.7 Å². The molecule has 0 unspecified atom stereocenters. The van der Waals surface area contributed by atoms with Gasteiger partial charge in [0.15, 0.2) is 0 Å². The molecule has 1 aliphatic carbocycles. The Morgan fingerprint density at radius 3 is 2.82 bits per heavy atom. The van der Waals surface area contributed by atoms with Gasteiger partial charge in [0.05, 0.1) is 32.1 Å². The van der Waals surface area contributed by atoms with Crippen LogP contribution in [0.1, 0.15) is 29.4 Å². The summed E-state index contributed by atoms with van der Waals surface area (Å²) in [5.41, 5.74) is 1.68. The van der Waals surface area contributed by atoms with E-state index in [1.165, 1.54) is 0 Å². The topological polar surface area (TPSA) is 77.4 Å². The molecule has 0 bridgehead atoms. The highest BCUT2D eigenvalue weighted by Gasteiger charge is 2.40. The van der Waals surface area contributed by atoms with E-state index in [2.05, 4.69) is 15.0 Å². The van der Waals surface area contributed by atoms with Crippen LogP contribution in [0.5, 0.6) is 11.6 Å². The summed E-state index contributed by atoms with van der Waals surface area (Å²) in [6.07, 6.45) is 4.40. The normalized spacial score (nSPS) is 19.8. The highest BCUT2D eigenvalue weighted by Crippen LogP contribution is 2.46. The van der Waals surface area contributed by atoms with E-state index in [9.17, 15) is 5.11 Å². The molecule has 2 aromatic rings. The van der Waals surface area contributed by atoms with E-state index in [1.807, 2.05) is 12.1 Å². The molecule has 1 aliphatic rings. The van der Waals surface area contributed by atoms with Crippen LogP contribution in [0.2, 0.25) is 0 Å². The van der Waals surface area contributed by atoms with Gasteiger partial charge in [-0.1, -0.05) is 0 Å². The lowest BCUT2D eigenvalue weighted by Gasteiger charge is -2.09. The summed E-state index contributed by atoms with van der Waals surface area (Å²) in [4.78, 5) is 12.7. The molecule has 1 N–H and O–H groups in total. The zero-order chi connectivity index (χ0) is 15.5. The van der Waals surface area contributed by atoms with Gasteiger partial charge in [-0.15, -0.1) is 0 Å². The van der Waals surface area contributed by atoms with Crippen LogP contribution in [0, 0.1) is 12.8 Å². The molecule has 6 heteroatoms. The molecule has 0 aromatic carbocycles. The van der Waals surface area contributed by atoms with E-state index < -0.39 is 0 Å². The molecular formula is C16H19N3O3. The van der Waals surface area contributed by atoms with E-state index >= 15 is 0 Å². The number of aryl methyl sites for hydroxylation is 1. The SMILES string of the molecule is COc1ccc([C@H]2C[C@@H]2COc2nc(C)ncc2CO)nc1.